The number of hydrogen-bond acceptors (Lipinski definition) is 6. The van der Waals surface area contributed by atoms with Crippen LogP contribution in [0.2, 0.25) is 0 Å². The predicted molar refractivity (Wildman–Crippen MR) is 162 cm³/mol. The predicted octanol–water partition coefficient (Wildman–Crippen LogP) is 7.81. The van der Waals surface area contributed by atoms with Crippen molar-refractivity contribution in [3.8, 4) is 0 Å². The van der Waals surface area contributed by atoms with Crippen LogP contribution in [0.5, 0.6) is 0 Å². The molecule has 0 spiro atoms. The van der Waals surface area contributed by atoms with E-state index in [1.165, 1.54) is 6.42 Å². The van der Waals surface area contributed by atoms with E-state index in [2.05, 4.69) is 27.0 Å². The molecule has 0 heterocycles. The van der Waals surface area contributed by atoms with Crippen LogP contribution in [-0.2, 0) is 19.1 Å². The lowest BCUT2D eigenvalue weighted by molar-refractivity contribution is -0.142. The Kier molecular flexibility index (Phi) is 25.6. The van der Waals surface area contributed by atoms with Crippen LogP contribution >= 0.6 is 0 Å². The highest BCUT2D eigenvalue weighted by atomic mass is 19.1. The summed E-state index contributed by atoms with van der Waals surface area (Å²) < 4.78 is 24.4. The number of halogens is 1. The number of carbonyl (C=O) groups excluding carboxylic acids is 2. The Morgan fingerprint density at radius 3 is 1.95 bits per heavy atom. The first kappa shape index (κ1) is 39.9. The van der Waals surface area contributed by atoms with Crippen molar-refractivity contribution in [2.45, 2.75) is 106 Å². The quantitative estimate of drug-likeness (QED) is 0.0649. The van der Waals surface area contributed by atoms with Gasteiger partial charge in [0.1, 0.15) is 5.83 Å². The average molecular weight is 569 g/mol. The van der Waals surface area contributed by atoms with Crippen molar-refractivity contribution in [1.82, 2.24) is 0 Å². The van der Waals surface area contributed by atoms with Crippen LogP contribution in [-0.4, -0.2) is 49.1 Å². The number of hydrogen-bond donors (Lipinski definition) is 2. The van der Waals surface area contributed by atoms with Crippen LogP contribution in [0, 0.1) is 17.8 Å². The molecule has 0 aromatic heterocycles. The van der Waals surface area contributed by atoms with Gasteiger partial charge in [0.2, 0.25) is 0 Å². The number of rotatable bonds is 16. The van der Waals surface area contributed by atoms with E-state index in [4.69, 9.17) is 19.7 Å². The van der Waals surface area contributed by atoms with Gasteiger partial charge in [0, 0.05) is 5.92 Å². The lowest BCUT2D eigenvalue weighted by Crippen LogP contribution is -2.24. The number of esters is 1. The minimum absolute atomic E-state index is 0.0147. The monoisotopic (exact) mass is 568 g/mol. The molecule has 0 aliphatic heterocycles. The number of carbonyl (C=O) groups is 2. The lowest BCUT2D eigenvalue weighted by atomic mass is 9.76. The number of aliphatic hydroxyl groups excluding tert-OH is 2. The van der Waals surface area contributed by atoms with Gasteiger partial charge < -0.3 is 19.7 Å². The Balaban J connectivity index is 0. The van der Waals surface area contributed by atoms with E-state index < -0.39 is 12.6 Å². The van der Waals surface area contributed by atoms with Crippen molar-refractivity contribution < 1.29 is 33.7 Å². The van der Waals surface area contributed by atoms with Gasteiger partial charge in [-0.15, -0.1) is 0 Å². The number of allylic oxidation sites excluding steroid dienone is 4. The van der Waals surface area contributed by atoms with Crippen LogP contribution in [0.1, 0.15) is 106 Å². The molecular weight excluding hydrogens is 511 g/mol. The Labute approximate surface area is 243 Å². The standard InChI is InChI=1S/C26H41FO5.C4H8O.C3H8/c1-5-24(6-2)25(27)13-19(3)7-8-21-9-11-22(12-10-21)14-23(16-31-18-29)17-32-26(30)20(4)15-28;1-4(2)3-5;1-3-2/h13,18,21-23,28H,4-12,14-17H2,1-3H3;5H,1,3H2,2H3;3H2,1-2H3/b19-13+;;. The summed E-state index contributed by atoms with van der Waals surface area (Å²) in [5.41, 5.74) is 2.80. The van der Waals surface area contributed by atoms with Gasteiger partial charge in [-0.2, -0.15) is 0 Å². The van der Waals surface area contributed by atoms with Gasteiger partial charge in [-0.25, -0.2) is 9.18 Å². The van der Waals surface area contributed by atoms with Gasteiger partial charge >= 0.3 is 5.97 Å². The van der Waals surface area contributed by atoms with Gasteiger partial charge in [-0.1, -0.05) is 84.1 Å². The van der Waals surface area contributed by atoms with Gasteiger partial charge in [0.25, 0.3) is 6.47 Å². The minimum atomic E-state index is -0.619. The molecule has 0 bridgehead atoms. The molecule has 7 heteroatoms. The van der Waals surface area contributed by atoms with Crippen molar-refractivity contribution in [3.63, 3.8) is 0 Å². The zero-order chi connectivity index (χ0) is 30.9. The van der Waals surface area contributed by atoms with Gasteiger partial charge in [-0.3, -0.25) is 4.79 Å². The molecule has 0 saturated heterocycles. The van der Waals surface area contributed by atoms with E-state index in [1.54, 1.807) is 13.0 Å². The van der Waals surface area contributed by atoms with Crippen molar-refractivity contribution in [3.05, 3.63) is 47.4 Å². The summed E-state index contributed by atoms with van der Waals surface area (Å²) in [5, 5.41) is 17.0. The molecule has 0 aromatic rings. The Bertz CT molecular complexity index is 772. The van der Waals surface area contributed by atoms with Gasteiger partial charge in [0.05, 0.1) is 32.0 Å². The normalized spacial score (nSPS) is 17.2. The second-order valence-electron chi connectivity index (χ2n) is 10.8. The summed E-state index contributed by atoms with van der Waals surface area (Å²) in [6.45, 7) is 19.4. The van der Waals surface area contributed by atoms with E-state index in [1.807, 2.05) is 20.8 Å². The molecular formula is C33H57FO6. The first-order valence-corrected chi connectivity index (χ1v) is 14.8. The van der Waals surface area contributed by atoms with E-state index in [-0.39, 0.29) is 37.1 Å². The maximum Gasteiger partial charge on any atom is 0.335 e. The molecule has 1 fully saturated rings. The molecule has 0 amide bonds. The molecule has 1 atom stereocenters. The number of aliphatic hydroxyl groups is 2. The van der Waals surface area contributed by atoms with Crippen LogP contribution in [0.4, 0.5) is 4.39 Å². The van der Waals surface area contributed by atoms with E-state index in [0.29, 0.717) is 18.3 Å². The lowest BCUT2D eigenvalue weighted by Gasteiger charge is -2.30. The van der Waals surface area contributed by atoms with Crippen LogP contribution in [0.15, 0.2) is 47.4 Å². The fourth-order valence-corrected chi connectivity index (χ4v) is 4.36. The smallest absolute Gasteiger partial charge is 0.335 e. The second kappa shape index (κ2) is 25.7. The largest absolute Gasteiger partial charge is 0.467 e. The Morgan fingerprint density at radius 2 is 1.50 bits per heavy atom. The zero-order valence-electron chi connectivity index (χ0n) is 26.1. The summed E-state index contributed by atoms with van der Waals surface area (Å²) in [7, 11) is 0. The van der Waals surface area contributed by atoms with Crippen molar-refractivity contribution in [1.29, 1.82) is 0 Å². The molecule has 232 valence electrons. The molecule has 6 nitrogen and oxygen atoms in total. The van der Waals surface area contributed by atoms with Crippen LogP contribution < -0.4 is 0 Å². The second-order valence-corrected chi connectivity index (χ2v) is 10.8. The molecule has 1 aliphatic rings. The highest BCUT2D eigenvalue weighted by Gasteiger charge is 2.25. The molecule has 1 rings (SSSR count). The molecule has 1 aliphatic carbocycles. The van der Waals surface area contributed by atoms with E-state index in [0.717, 1.165) is 74.5 Å². The number of ether oxygens (including phenoxy) is 2. The fraction of sp³-hybridized carbons (Fsp3) is 0.697. The SMILES string of the molecule is C=C(C)CO.C=C(CO)C(=O)OCC(COC=O)CC1CCC(CC/C(C)=C/C(F)=C(CC)CC)CC1.CCC. The zero-order valence-corrected chi connectivity index (χ0v) is 26.1. The van der Waals surface area contributed by atoms with Gasteiger partial charge in [-0.05, 0) is 69.4 Å². The molecule has 1 unspecified atom stereocenters. The van der Waals surface area contributed by atoms with Crippen molar-refractivity contribution in [2.75, 3.05) is 26.4 Å². The van der Waals surface area contributed by atoms with E-state index >= 15 is 0 Å². The maximum atomic E-state index is 14.2. The average Bonchev–Trinajstić information content (AvgIpc) is 2.94. The van der Waals surface area contributed by atoms with Crippen LogP contribution in [0.3, 0.4) is 0 Å². The molecule has 1 saturated carbocycles. The summed E-state index contributed by atoms with van der Waals surface area (Å²) in [4.78, 5) is 22.3. The fourth-order valence-electron chi connectivity index (χ4n) is 4.36. The third-order valence-electron chi connectivity index (χ3n) is 6.74. The summed E-state index contributed by atoms with van der Waals surface area (Å²) in [6.07, 6.45) is 11.7. The first-order valence-electron chi connectivity index (χ1n) is 14.8. The molecule has 0 aromatic carbocycles. The third kappa shape index (κ3) is 20.6. The van der Waals surface area contributed by atoms with Crippen molar-refractivity contribution >= 4 is 12.4 Å². The molecule has 40 heavy (non-hydrogen) atoms. The maximum absolute atomic E-state index is 14.2. The topological polar surface area (TPSA) is 93.1 Å². The van der Waals surface area contributed by atoms with Gasteiger partial charge in [0.15, 0.2) is 0 Å². The molecule has 2 N–H and O–H groups in total. The Morgan fingerprint density at radius 1 is 0.975 bits per heavy atom. The summed E-state index contributed by atoms with van der Waals surface area (Å²) in [5.74, 6) is 0.396. The minimum Gasteiger partial charge on any atom is -0.467 e. The highest BCUT2D eigenvalue weighted by molar-refractivity contribution is 5.87. The summed E-state index contributed by atoms with van der Waals surface area (Å²) in [6, 6.07) is 0. The first-order chi connectivity index (χ1) is 19.0. The summed E-state index contributed by atoms with van der Waals surface area (Å²) >= 11 is 0. The van der Waals surface area contributed by atoms with Crippen molar-refractivity contribution in [2.24, 2.45) is 17.8 Å². The van der Waals surface area contributed by atoms with Crippen LogP contribution in [0.25, 0.3) is 0 Å². The van der Waals surface area contributed by atoms with E-state index in [9.17, 15) is 14.0 Å². The third-order valence-corrected chi connectivity index (χ3v) is 6.74. The Hall–Kier alpha value is -2.25. The molecule has 0 radical (unpaired) electrons. The highest BCUT2D eigenvalue weighted by Crippen LogP contribution is 2.35.